The van der Waals surface area contributed by atoms with Gasteiger partial charge in [-0.25, -0.2) is 8.87 Å². The molecule has 26 heavy (non-hydrogen) atoms. The third-order valence-corrected chi connectivity index (χ3v) is 7.42. The van der Waals surface area contributed by atoms with Crippen LogP contribution < -0.4 is 0 Å². The summed E-state index contributed by atoms with van der Waals surface area (Å²) >= 11 is 3.16. The van der Waals surface area contributed by atoms with Gasteiger partial charge in [-0.1, -0.05) is 51.1 Å². The summed E-state index contributed by atoms with van der Waals surface area (Å²) in [7, 11) is 0. The highest BCUT2D eigenvalue weighted by atomic mass is 79.9. The van der Waals surface area contributed by atoms with Crippen molar-refractivity contribution in [1.82, 2.24) is 0 Å². The van der Waals surface area contributed by atoms with E-state index in [1.807, 2.05) is 30.3 Å². The molecule has 0 heterocycles. The van der Waals surface area contributed by atoms with Gasteiger partial charge in [0.1, 0.15) is 18.6 Å². The van der Waals surface area contributed by atoms with Gasteiger partial charge >= 0.3 is 6.09 Å². The van der Waals surface area contributed by atoms with Crippen LogP contribution in [0.1, 0.15) is 52.0 Å². The first-order valence-electron chi connectivity index (χ1n) is 9.71. The molecule has 1 aromatic carbocycles. The molecule has 3 nitrogen and oxygen atoms in total. The Kier molecular flexibility index (Phi) is 5.51. The number of carboxylic acid groups (broad SMARTS) is 1. The van der Waals surface area contributed by atoms with Gasteiger partial charge in [-0.2, -0.15) is 4.79 Å². The lowest BCUT2D eigenvalue weighted by Crippen LogP contribution is -2.65. The Bertz CT molecular complexity index is 651. The van der Waals surface area contributed by atoms with E-state index < -0.39 is 16.7 Å². The van der Waals surface area contributed by atoms with Crippen LogP contribution in [-0.4, -0.2) is 32.3 Å². The molecule has 0 spiro atoms. The Morgan fingerprint density at radius 1 is 1.35 bits per heavy atom. The van der Waals surface area contributed by atoms with Crippen LogP contribution in [-0.2, 0) is 6.54 Å². The summed E-state index contributed by atoms with van der Waals surface area (Å²) in [5.74, 6) is 1.17. The van der Waals surface area contributed by atoms with Crippen molar-refractivity contribution in [2.24, 2.45) is 17.8 Å². The molecule has 2 saturated carbocycles. The van der Waals surface area contributed by atoms with Crippen LogP contribution in [0.25, 0.3) is 0 Å². The van der Waals surface area contributed by atoms with Crippen molar-refractivity contribution in [3.8, 4) is 0 Å². The van der Waals surface area contributed by atoms with Crippen molar-refractivity contribution in [3.05, 3.63) is 35.9 Å². The summed E-state index contributed by atoms with van der Waals surface area (Å²) in [6.45, 7) is 6.90. The average molecular weight is 427 g/mol. The van der Waals surface area contributed by atoms with Crippen LogP contribution in [0.15, 0.2) is 30.3 Å². The Morgan fingerprint density at radius 2 is 1.96 bits per heavy atom. The largest absolute Gasteiger partial charge is 0.514 e. The second kappa shape index (κ2) is 7.23. The molecule has 1 N–H and O–H groups in total. The molecule has 0 radical (unpaired) electrons. The van der Waals surface area contributed by atoms with E-state index in [0.717, 1.165) is 24.8 Å². The van der Waals surface area contributed by atoms with Crippen molar-refractivity contribution in [2.45, 2.75) is 69.7 Å². The molecule has 0 bridgehead atoms. The van der Waals surface area contributed by atoms with E-state index in [9.17, 15) is 14.3 Å². The molecule has 2 aliphatic carbocycles. The first-order valence-corrected chi connectivity index (χ1v) is 10.5. The van der Waals surface area contributed by atoms with Crippen LogP contribution in [0.4, 0.5) is 9.18 Å². The van der Waals surface area contributed by atoms with E-state index >= 15 is 0 Å². The minimum absolute atomic E-state index is 0.0587. The number of carbonyl (C=O) groups is 1. The van der Waals surface area contributed by atoms with E-state index in [4.69, 9.17) is 0 Å². The Balaban J connectivity index is 2.07. The zero-order valence-electron chi connectivity index (χ0n) is 15.9. The lowest BCUT2D eigenvalue weighted by molar-refractivity contribution is -0.913. The van der Waals surface area contributed by atoms with Gasteiger partial charge in [0, 0.05) is 17.9 Å². The molecular formula is C21H30BrFNO2+. The number of quaternary nitrogens is 1. The molecule has 5 heteroatoms. The molecule has 0 aliphatic heterocycles. The summed E-state index contributed by atoms with van der Waals surface area (Å²) in [4.78, 5) is 12.8. The van der Waals surface area contributed by atoms with Gasteiger partial charge in [0.2, 0.25) is 4.58 Å². The van der Waals surface area contributed by atoms with Gasteiger partial charge in [0.25, 0.3) is 0 Å². The van der Waals surface area contributed by atoms with Crippen molar-refractivity contribution in [1.29, 1.82) is 0 Å². The standard InChI is InChI=1S/C21H29BrFNO2/c1-14(2)17-10-9-15(3)11-18(17)24(20(25)26,19-12-21(19,22)23)13-16-7-5-4-6-8-16/h4-8,14-15,17-19H,9-13H2,1-3H3/p+1/t15-,17?,18?,19?,21-,24?/m1/s1. The van der Waals surface area contributed by atoms with E-state index in [1.54, 1.807) is 0 Å². The van der Waals surface area contributed by atoms with E-state index in [-0.39, 0.29) is 16.9 Å². The van der Waals surface area contributed by atoms with E-state index in [1.165, 1.54) is 0 Å². The number of benzene rings is 1. The summed E-state index contributed by atoms with van der Waals surface area (Å²) in [5, 5.41) is 10.5. The maximum Gasteiger partial charge on any atom is 0.514 e. The number of rotatable bonds is 5. The molecule has 2 aliphatic rings. The van der Waals surface area contributed by atoms with Crippen LogP contribution in [0, 0.1) is 17.8 Å². The number of nitrogens with zero attached hydrogens (tertiary/aromatic N) is 1. The summed E-state index contributed by atoms with van der Waals surface area (Å²) in [5.41, 5.74) is 0.964. The van der Waals surface area contributed by atoms with E-state index in [2.05, 4.69) is 36.7 Å². The van der Waals surface area contributed by atoms with Gasteiger partial charge in [0.05, 0.1) is 6.42 Å². The zero-order valence-corrected chi connectivity index (χ0v) is 17.5. The van der Waals surface area contributed by atoms with Crippen molar-refractivity contribution in [3.63, 3.8) is 0 Å². The molecular weight excluding hydrogens is 397 g/mol. The number of hydrogen-bond donors (Lipinski definition) is 1. The average Bonchev–Trinajstić information content (AvgIpc) is 3.21. The van der Waals surface area contributed by atoms with Crippen LogP contribution in [0.3, 0.4) is 0 Å². The smallest absolute Gasteiger partial charge is 0.435 e. The van der Waals surface area contributed by atoms with Crippen molar-refractivity contribution < 1.29 is 18.8 Å². The van der Waals surface area contributed by atoms with Gasteiger partial charge in [-0.05, 0) is 40.6 Å². The number of alkyl halides is 2. The Morgan fingerprint density at radius 3 is 2.46 bits per heavy atom. The lowest BCUT2D eigenvalue weighted by atomic mass is 9.72. The molecule has 0 saturated heterocycles. The highest BCUT2D eigenvalue weighted by Crippen LogP contribution is 2.57. The van der Waals surface area contributed by atoms with Crippen LogP contribution in [0.5, 0.6) is 0 Å². The lowest BCUT2D eigenvalue weighted by Gasteiger charge is -2.48. The second-order valence-corrected chi connectivity index (χ2v) is 10.0. The Hall–Kier alpha value is -0.940. The molecule has 2 fully saturated rings. The molecule has 1 aromatic rings. The van der Waals surface area contributed by atoms with E-state index in [0.29, 0.717) is 24.3 Å². The maximum absolute atomic E-state index is 14.8. The molecule has 1 amide bonds. The first kappa shape index (κ1) is 19.8. The summed E-state index contributed by atoms with van der Waals surface area (Å²) < 4.78 is 13.1. The zero-order chi connectivity index (χ0) is 19.1. The van der Waals surface area contributed by atoms with Gasteiger partial charge < -0.3 is 5.11 Å². The van der Waals surface area contributed by atoms with Gasteiger partial charge in [-0.3, -0.25) is 0 Å². The number of amides is 1. The van der Waals surface area contributed by atoms with Crippen molar-refractivity contribution >= 4 is 22.0 Å². The number of halogens is 2. The van der Waals surface area contributed by atoms with Gasteiger partial charge in [0.15, 0.2) is 0 Å². The fourth-order valence-corrected chi connectivity index (χ4v) is 5.74. The summed E-state index contributed by atoms with van der Waals surface area (Å²) in [6.07, 6.45) is 2.38. The normalized spacial score (nSPS) is 36.5. The molecule has 6 atom stereocenters. The SMILES string of the molecule is CC(C)C1CC[C@@H](C)CC1[N+](Cc1ccccc1)(C(=O)O)C1C[C@]1(F)Br. The minimum atomic E-state index is -1.57. The number of hydrogen-bond acceptors (Lipinski definition) is 1. The molecule has 4 unspecified atom stereocenters. The van der Waals surface area contributed by atoms with Crippen molar-refractivity contribution in [2.75, 3.05) is 0 Å². The molecule has 0 aromatic heterocycles. The molecule has 144 valence electrons. The Labute approximate surface area is 164 Å². The first-order chi connectivity index (χ1) is 12.2. The fraction of sp³-hybridized carbons (Fsp3) is 0.667. The summed E-state index contributed by atoms with van der Waals surface area (Å²) in [6, 6.07) is 9.12. The predicted octanol–water partition coefficient (Wildman–Crippen LogP) is 5.98. The van der Waals surface area contributed by atoms with Crippen LogP contribution >= 0.6 is 15.9 Å². The maximum atomic E-state index is 14.8. The highest BCUT2D eigenvalue weighted by Gasteiger charge is 2.72. The van der Waals surface area contributed by atoms with Crippen LogP contribution in [0.2, 0.25) is 0 Å². The quantitative estimate of drug-likeness (QED) is 0.464. The minimum Gasteiger partial charge on any atom is -0.435 e. The van der Waals surface area contributed by atoms with Gasteiger partial charge in [-0.15, -0.1) is 0 Å². The second-order valence-electron chi connectivity index (χ2n) is 8.73. The topological polar surface area (TPSA) is 37.3 Å². The third-order valence-electron chi connectivity index (χ3n) is 6.57. The molecule has 3 rings (SSSR count). The third kappa shape index (κ3) is 3.57. The highest BCUT2D eigenvalue weighted by molar-refractivity contribution is 9.10. The predicted molar refractivity (Wildman–Crippen MR) is 105 cm³/mol. The fourth-order valence-electron chi connectivity index (χ4n) is 5.07. The monoisotopic (exact) mass is 426 g/mol.